The second-order valence-electron chi connectivity index (χ2n) is 7.88. The number of methoxy groups -OCH3 is 1. The van der Waals surface area contributed by atoms with Crippen LogP contribution in [0.1, 0.15) is 25.5 Å². The molecule has 1 unspecified atom stereocenters. The molecule has 0 bridgehead atoms. The Bertz CT molecular complexity index is 925. The third kappa shape index (κ3) is 5.23. The van der Waals surface area contributed by atoms with Crippen LogP contribution >= 0.6 is 11.8 Å². The Balaban J connectivity index is 0.00000363. The van der Waals surface area contributed by atoms with Crippen molar-refractivity contribution in [1.82, 2.24) is 15.1 Å². The smallest absolute Gasteiger partial charge is 0.548 e. The standard InChI is InChI=1S/C21H25N3O6S.K/c1-21(2)16(20(28)29)24-18(27)14(19(24)31-21)22-17(26)15(12-8-6-5-7-9-12)23(3)11-10-13(25)30-4;/h5-11,14-16,19H,1-4H3,(H,22,26)(H,28,29);/q;+1/p-1/t14-,15?,16+,19-;/m1./s1. The summed E-state index contributed by atoms with van der Waals surface area (Å²) in [6, 6.07) is 6.19. The number of β-lactam (4-membered cyclic amide) rings is 1. The third-order valence-electron chi connectivity index (χ3n) is 5.38. The summed E-state index contributed by atoms with van der Waals surface area (Å²) in [7, 11) is 2.88. The fourth-order valence-electron chi connectivity index (χ4n) is 3.90. The maximum Gasteiger partial charge on any atom is 1.00 e. The van der Waals surface area contributed by atoms with Crippen molar-refractivity contribution < 1.29 is 80.4 Å². The van der Waals surface area contributed by atoms with Gasteiger partial charge in [0.15, 0.2) is 0 Å². The van der Waals surface area contributed by atoms with E-state index < -0.39 is 52.0 Å². The average molecular weight is 486 g/mol. The van der Waals surface area contributed by atoms with Crippen LogP contribution in [0.15, 0.2) is 42.6 Å². The van der Waals surface area contributed by atoms with Crippen LogP contribution in [0.25, 0.3) is 0 Å². The molecule has 32 heavy (non-hydrogen) atoms. The van der Waals surface area contributed by atoms with Crippen LogP contribution in [0.4, 0.5) is 0 Å². The minimum absolute atomic E-state index is 0. The zero-order valence-electron chi connectivity index (χ0n) is 18.6. The first-order chi connectivity index (χ1) is 14.6. The van der Waals surface area contributed by atoms with Gasteiger partial charge >= 0.3 is 57.4 Å². The first kappa shape index (κ1) is 26.9. The number of carboxylic acid groups (broad SMARTS) is 1. The van der Waals surface area contributed by atoms with Crippen molar-refractivity contribution in [2.24, 2.45) is 0 Å². The Kier molecular flexibility index (Phi) is 8.99. The molecule has 166 valence electrons. The number of carbonyl (C=O) groups excluding carboxylic acids is 4. The SMILES string of the molecule is COC(=O)C=CN(C)C(C(=O)N[C@@H]1C(=O)N2[C@@H]1SC(C)(C)[C@@H]2C(=O)[O-])c1ccccc1.[K+]. The Morgan fingerprint density at radius 3 is 2.47 bits per heavy atom. The van der Waals surface area contributed by atoms with E-state index in [2.05, 4.69) is 10.1 Å². The molecule has 1 N–H and O–H groups in total. The fraction of sp³-hybridized carbons (Fsp3) is 0.429. The molecule has 0 aliphatic carbocycles. The van der Waals surface area contributed by atoms with E-state index in [-0.39, 0.29) is 51.4 Å². The topological polar surface area (TPSA) is 119 Å². The number of esters is 1. The van der Waals surface area contributed by atoms with Gasteiger partial charge in [0.1, 0.15) is 17.5 Å². The molecule has 0 aromatic heterocycles. The number of nitrogens with zero attached hydrogens (tertiary/aromatic N) is 2. The van der Waals surface area contributed by atoms with Crippen LogP contribution in [-0.4, -0.2) is 69.9 Å². The summed E-state index contributed by atoms with van der Waals surface area (Å²) in [5, 5.41) is 13.8. The van der Waals surface area contributed by atoms with Crippen LogP contribution in [0.2, 0.25) is 0 Å². The maximum absolute atomic E-state index is 13.2. The summed E-state index contributed by atoms with van der Waals surface area (Å²) in [4.78, 5) is 51.7. The molecule has 2 amide bonds. The van der Waals surface area contributed by atoms with E-state index in [1.807, 2.05) is 6.07 Å². The Labute approximate surface area is 233 Å². The van der Waals surface area contributed by atoms with Gasteiger partial charge in [-0.25, -0.2) is 4.79 Å². The Morgan fingerprint density at radius 1 is 1.28 bits per heavy atom. The number of fused-ring (bicyclic) bond motifs is 1. The monoisotopic (exact) mass is 485 g/mol. The molecule has 1 aromatic rings. The van der Waals surface area contributed by atoms with Crippen molar-refractivity contribution >= 4 is 35.5 Å². The van der Waals surface area contributed by atoms with Crippen LogP contribution in [-0.2, 0) is 23.9 Å². The second kappa shape index (κ2) is 10.7. The third-order valence-corrected chi connectivity index (χ3v) is 6.95. The van der Waals surface area contributed by atoms with Gasteiger partial charge in [-0.15, -0.1) is 11.8 Å². The number of rotatable bonds is 7. The molecule has 2 saturated heterocycles. The predicted octanol–water partition coefficient (Wildman–Crippen LogP) is -3.35. The van der Waals surface area contributed by atoms with E-state index in [4.69, 9.17) is 0 Å². The number of carbonyl (C=O) groups is 4. The number of carboxylic acids is 1. The number of benzene rings is 1. The molecule has 9 nitrogen and oxygen atoms in total. The van der Waals surface area contributed by atoms with E-state index >= 15 is 0 Å². The summed E-state index contributed by atoms with van der Waals surface area (Å²) < 4.78 is 3.85. The predicted molar refractivity (Wildman–Crippen MR) is 111 cm³/mol. The van der Waals surface area contributed by atoms with Gasteiger partial charge < -0.3 is 29.8 Å². The molecule has 2 aliphatic rings. The average Bonchev–Trinajstić information content (AvgIpc) is 2.99. The molecule has 1 aromatic carbocycles. The van der Waals surface area contributed by atoms with Crippen molar-refractivity contribution in [3.63, 3.8) is 0 Å². The van der Waals surface area contributed by atoms with Gasteiger partial charge in [-0.05, 0) is 19.4 Å². The summed E-state index contributed by atoms with van der Waals surface area (Å²) in [5.74, 6) is -2.78. The summed E-state index contributed by atoms with van der Waals surface area (Å²) in [6.45, 7) is 3.47. The van der Waals surface area contributed by atoms with Gasteiger partial charge in [-0.3, -0.25) is 9.59 Å². The van der Waals surface area contributed by atoms with Gasteiger partial charge in [-0.1, -0.05) is 30.3 Å². The Hall–Kier alpha value is -1.37. The quantitative estimate of drug-likeness (QED) is 0.184. The molecule has 0 radical (unpaired) electrons. The molecule has 2 heterocycles. The van der Waals surface area contributed by atoms with Crippen LogP contribution in [0.5, 0.6) is 0 Å². The van der Waals surface area contributed by atoms with E-state index in [1.165, 1.54) is 40.9 Å². The minimum Gasteiger partial charge on any atom is -0.548 e. The number of aliphatic carboxylic acids is 1. The van der Waals surface area contributed by atoms with Gasteiger partial charge in [0, 0.05) is 24.1 Å². The van der Waals surface area contributed by atoms with Gasteiger partial charge in [0.25, 0.3) is 0 Å². The van der Waals surface area contributed by atoms with Crippen LogP contribution in [0, 0.1) is 0 Å². The number of nitrogens with one attached hydrogen (secondary N) is 1. The molecule has 2 fully saturated rings. The van der Waals surface area contributed by atoms with Crippen molar-refractivity contribution in [3.05, 3.63) is 48.2 Å². The first-order valence-electron chi connectivity index (χ1n) is 9.62. The van der Waals surface area contributed by atoms with Crippen LogP contribution in [0.3, 0.4) is 0 Å². The number of thioether (sulfide) groups is 1. The summed E-state index contributed by atoms with van der Waals surface area (Å²) >= 11 is 1.32. The molecular formula is C21H24KN3O6S. The number of ether oxygens (including phenoxy) is 1. The fourth-order valence-corrected chi connectivity index (χ4v) is 5.52. The van der Waals surface area contributed by atoms with E-state index in [0.717, 1.165) is 0 Å². The molecule has 0 saturated carbocycles. The van der Waals surface area contributed by atoms with E-state index in [1.54, 1.807) is 45.2 Å². The molecule has 0 spiro atoms. The summed E-state index contributed by atoms with van der Waals surface area (Å²) in [6.07, 6.45) is 2.62. The number of hydrogen-bond donors (Lipinski definition) is 1. The van der Waals surface area contributed by atoms with Gasteiger partial charge in [0.2, 0.25) is 11.8 Å². The van der Waals surface area contributed by atoms with Crippen molar-refractivity contribution in [1.29, 1.82) is 0 Å². The van der Waals surface area contributed by atoms with Crippen molar-refractivity contribution in [2.45, 2.75) is 42.1 Å². The van der Waals surface area contributed by atoms with Crippen molar-refractivity contribution in [2.75, 3.05) is 14.2 Å². The maximum atomic E-state index is 13.2. The zero-order chi connectivity index (χ0) is 22.9. The molecular weight excluding hydrogens is 461 g/mol. The number of likely N-dealkylation sites (N-methyl/N-ethyl adjacent to an activating group) is 1. The number of hydrogen-bond acceptors (Lipinski definition) is 8. The Morgan fingerprint density at radius 2 is 1.91 bits per heavy atom. The van der Waals surface area contributed by atoms with E-state index in [0.29, 0.717) is 5.56 Å². The van der Waals surface area contributed by atoms with Gasteiger partial charge in [-0.2, -0.15) is 0 Å². The van der Waals surface area contributed by atoms with Gasteiger partial charge in [0.05, 0.1) is 19.1 Å². The largest absolute Gasteiger partial charge is 1.00 e. The van der Waals surface area contributed by atoms with Crippen molar-refractivity contribution in [3.8, 4) is 0 Å². The summed E-state index contributed by atoms with van der Waals surface area (Å²) in [5.41, 5.74) is 0.660. The molecule has 2 aliphatic heterocycles. The normalized spacial score (nSPS) is 24.1. The zero-order valence-corrected chi connectivity index (χ0v) is 22.5. The minimum atomic E-state index is -1.31. The molecule has 3 rings (SSSR count). The molecule has 4 atom stereocenters. The second-order valence-corrected chi connectivity index (χ2v) is 9.65. The van der Waals surface area contributed by atoms with Crippen LogP contribution < -0.4 is 61.8 Å². The number of amides is 2. The van der Waals surface area contributed by atoms with E-state index in [9.17, 15) is 24.3 Å². The molecule has 11 heteroatoms. The first-order valence-corrected chi connectivity index (χ1v) is 10.5.